The molecule has 0 saturated carbocycles. The van der Waals surface area contributed by atoms with E-state index in [-0.39, 0.29) is 5.56 Å². The molecular weight excluding hydrogens is 466 g/mol. The maximum Gasteiger partial charge on any atom is 0.255 e. The summed E-state index contributed by atoms with van der Waals surface area (Å²) in [4.78, 5) is 28.3. The molecule has 0 unspecified atom stereocenters. The number of aromatic amines is 1. The zero-order chi connectivity index (χ0) is 23.1. The minimum atomic E-state index is -0.0435. The number of aromatic nitrogens is 4. The van der Waals surface area contributed by atoms with Crippen LogP contribution in [0.4, 0.5) is 0 Å². The van der Waals surface area contributed by atoms with Gasteiger partial charge in [0, 0.05) is 59.8 Å². The fourth-order valence-electron chi connectivity index (χ4n) is 4.69. The van der Waals surface area contributed by atoms with Crippen LogP contribution in [0.15, 0.2) is 71.8 Å². The van der Waals surface area contributed by atoms with Crippen molar-refractivity contribution in [3.05, 3.63) is 104 Å². The van der Waals surface area contributed by atoms with Crippen LogP contribution in [0.2, 0.25) is 4.47 Å². The Labute approximate surface area is 205 Å². The highest BCUT2D eigenvalue weighted by molar-refractivity contribution is 7.15. The molecule has 0 fully saturated rings. The summed E-state index contributed by atoms with van der Waals surface area (Å²) in [7, 11) is 0. The van der Waals surface area contributed by atoms with Crippen LogP contribution in [0.25, 0.3) is 22.3 Å². The van der Waals surface area contributed by atoms with Gasteiger partial charge in [-0.25, -0.2) is 9.97 Å². The van der Waals surface area contributed by atoms with Crippen LogP contribution in [-0.4, -0.2) is 31.0 Å². The number of H-pyrrole nitrogens is 1. The van der Waals surface area contributed by atoms with Gasteiger partial charge in [0.1, 0.15) is 5.82 Å². The summed E-state index contributed by atoms with van der Waals surface area (Å²) in [5.74, 6) is 0.643. The van der Waals surface area contributed by atoms with Crippen molar-refractivity contribution in [1.29, 1.82) is 0 Å². The molecule has 2 aromatic carbocycles. The second kappa shape index (κ2) is 8.83. The Hall–Kier alpha value is -3.26. The van der Waals surface area contributed by atoms with Crippen LogP contribution in [0.3, 0.4) is 0 Å². The second-order valence-electron chi connectivity index (χ2n) is 8.55. The molecule has 1 aliphatic heterocycles. The lowest BCUT2D eigenvalue weighted by Gasteiger charge is -2.27. The van der Waals surface area contributed by atoms with E-state index in [9.17, 15) is 4.79 Å². The van der Waals surface area contributed by atoms with E-state index in [2.05, 4.69) is 49.9 Å². The SMILES string of the molecule is O=c1[nH]c(-c2ccccc2)nc2c1CN(Cc1cn(Cc3cnc(Cl)s3)c3ccccc13)CC2. The zero-order valence-corrected chi connectivity index (χ0v) is 19.9. The number of benzene rings is 2. The smallest absolute Gasteiger partial charge is 0.255 e. The molecule has 0 spiro atoms. The van der Waals surface area contributed by atoms with Crippen molar-refractivity contribution in [3.8, 4) is 11.4 Å². The first-order valence-electron chi connectivity index (χ1n) is 11.2. The Kier molecular flexibility index (Phi) is 5.53. The van der Waals surface area contributed by atoms with Crippen LogP contribution in [-0.2, 0) is 26.1 Å². The standard InChI is InChI=1S/C26H22ClN5OS/c27-26-28-12-19(34-26)15-32-14-18(20-8-4-5-9-23(20)32)13-31-11-10-22-21(16-31)25(33)30-24(29-22)17-6-2-1-3-7-17/h1-9,12,14H,10-11,13,15-16H2,(H,29,30,33). The summed E-state index contributed by atoms with van der Waals surface area (Å²) in [5, 5.41) is 1.23. The van der Waals surface area contributed by atoms with Gasteiger partial charge in [-0.1, -0.05) is 60.1 Å². The van der Waals surface area contributed by atoms with Crippen LogP contribution in [0, 0.1) is 0 Å². The van der Waals surface area contributed by atoms with Gasteiger partial charge in [-0.15, -0.1) is 11.3 Å². The van der Waals surface area contributed by atoms with Gasteiger partial charge in [-0.3, -0.25) is 9.69 Å². The molecule has 0 saturated heterocycles. The van der Waals surface area contributed by atoms with Crippen LogP contribution < -0.4 is 5.56 Å². The molecule has 0 atom stereocenters. The number of para-hydroxylation sites is 1. The summed E-state index contributed by atoms with van der Waals surface area (Å²) in [6.07, 6.45) is 4.82. The second-order valence-corrected chi connectivity index (χ2v) is 10.2. The van der Waals surface area contributed by atoms with E-state index >= 15 is 0 Å². The van der Waals surface area contributed by atoms with Gasteiger partial charge in [0.15, 0.2) is 4.47 Å². The third-order valence-electron chi connectivity index (χ3n) is 6.31. The van der Waals surface area contributed by atoms with E-state index < -0.39 is 0 Å². The lowest BCUT2D eigenvalue weighted by atomic mass is 10.1. The number of nitrogens with one attached hydrogen (secondary N) is 1. The highest BCUT2D eigenvalue weighted by Crippen LogP contribution is 2.27. The number of nitrogens with zero attached hydrogens (tertiary/aromatic N) is 4. The average molecular weight is 488 g/mol. The van der Waals surface area contributed by atoms with Gasteiger partial charge in [0.05, 0.1) is 17.8 Å². The summed E-state index contributed by atoms with van der Waals surface area (Å²) >= 11 is 7.54. The first-order chi connectivity index (χ1) is 16.6. The highest BCUT2D eigenvalue weighted by atomic mass is 35.5. The molecular formula is C26H22ClN5OS. The van der Waals surface area contributed by atoms with E-state index in [0.717, 1.165) is 47.8 Å². The summed E-state index contributed by atoms with van der Waals surface area (Å²) in [6, 6.07) is 18.3. The lowest BCUT2D eigenvalue weighted by Crippen LogP contribution is -2.35. The summed E-state index contributed by atoms with van der Waals surface area (Å²) in [6.45, 7) is 2.97. The van der Waals surface area contributed by atoms with E-state index in [1.54, 1.807) is 0 Å². The van der Waals surface area contributed by atoms with Gasteiger partial charge in [-0.05, 0) is 11.6 Å². The van der Waals surface area contributed by atoms with Crippen molar-refractivity contribution in [2.75, 3.05) is 6.54 Å². The molecule has 170 valence electrons. The van der Waals surface area contributed by atoms with Gasteiger partial charge in [-0.2, -0.15) is 0 Å². The fourth-order valence-corrected chi connectivity index (χ4v) is 5.67. The van der Waals surface area contributed by atoms with Gasteiger partial charge in [0.25, 0.3) is 5.56 Å². The Morgan fingerprint density at radius 2 is 1.88 bits per heavy atom. The van der Waals surface area contributed by atoms with E-state index in [4.69, 9.17) is 16.6 Å². The first kappa shape index (κ1) is 21.3. The lowest BCUT2D eigenvalue weighted by molar-refractivity contribution is 0.242. The number of hydrogen-bond acceptors (Lipinski definition) is 5. The van der Waals surface area contributed by atoms with Crippen molar-refractivity contribution >= 4 is 33.8 Å². The molecule has 34 heavy (non-hydrogen) atoms. The molecule has 1 N–H and O–H groups in total. The molecule has 6 nitrogen and oxygen atoms in total. The molecule has 8 heteroatoms. The average Bonchev–Trinajstić information content (AvgIpc) is 3.43. The topological polar surface area (TPSA) is 66.8 Å². The quantitative estimate of drug-likeness (QED) is 0.374. The predicted octanol–water partition coefficient (Wildman–Crippen LogP) is 5.11. The molecule has 0 radical (unpaired) electrons. The van der Waals surface area contributed by atoms with Crippen molar-refractivity contribution in [3.63, 3.8) is 0 Å². The van der Waals surface area contributed by atoms with Crippen LogP contribution in [0.1, 0.15) is 21.7 Å². The van der Waals surface area contributed by atoms with Gasteiger partial charge < -0.3 is 9.55 Å². The maximum atomic E-state index is 12.9. The molecule has 6 rings (SSSR count). The highest BCUT2D eigenvalue weighted by Gasteiger charge is 2.23. The largest absolute Gasteiger partial charge is 0.342 e. The number of halogens is 1. The molecule has 1 aliphatic rings. The number of rotatable bonds is 5. The van der Waals surface area contributed by atoms with Crippen molar-refractivity contribution in [2.24, 2.45) is 0 Å². The van der Waals surface area contributed by atoms with E-state index in [1.807, 2.05) is 36.5 Å². The maximum absolute atomic E-state index is 12.9. The predicted molar refractivity (Wildman–Crippen MR) is 136 cm³/mol. The van der Waals surface area contributed by atoms with Gasteiger partial charge >= 0.3 is 0 Å². The van der Waals surface area contributed by atoms with Gasteiger partial charge in [0.2, 0.25) is 0 Å². The zero-order valence-electron chi connectivity index (χ0n) is 18.4. The third-order valence-corrected chi connectivity index (χ3v) is 7.41. The van der Waals surface area contributed by atoms with Crippen molar-refractivity contribution in [2.45, 2.75) is 26.1 Å². The first-order valence-corrected chi connectivity index (χ1v) is 12.4. The summed E-state index contributed by atoms with van der Waals surface area (Å²) in [5.41, 5.74) is 5.00. The number of fused-ring (bicyclic) bond motifs is 2. The molecule has 4 heterocycles. The third kappa shape index (κ3) is 4.07. The Bertz CT molecular complexity index is 1540. The van der Waals surface area contributed by atoms with Crippen LogP contribution >= 0.6 is 22.9 Å². The number of hydrogen-bond donors (Lipinski definition) is 1. The molecule has 0 amide bonds. The molecule has 5 aromatic rings. The normalized spacial score (nSPS) is 13.9. The van der Waals surface area contributed by atoms with E-state index in [0.29, 0.717) is 16.8 Å². The number of thiazole rings is 1. The van der Waals surface area contributed by atoms with Crippen LogP contribution in [0.5, 0.6) is 0 Å². The molecule has 0 aliphatic carbocycles. The summed E-state index contributed by atoms with van der Waals surface area (Å²) < 4.78 is 2.82. The molecule has 3 aromatic heterocycles. The Morgan fingerprint density at radius 3 is 2.71 bits per heavy atom. The minimum absolute atomic E-state index is 0.0435. The fraction of sp³-hybridized carbons (Fsp3) is 0.192. The molecule has 0 bridgehead atoms. The van der Waals surface area contributed by atoms with Crippen molar-refractivity contribution in [1.82, 2.24) is 24.4 Å². The monoisotopic (exact) mass is 487 g/mol. The van der Waals surface area contributed by atoms with E-state index in [1.165, 1.54) is 27.8 Å². The Morgan fingerprint density at radius 1 is 1.06 bits per heavy atom. The van der Waals surface area contributed by atoms with Crippen molar-refractivity contribution < 1.29 is 0 Å². The minimum Gasteiger partial charge on any atom is -0.342 e. The Balaban J connectivity index is 1.27.